The lowest BCUT2D eigenvalue weighted by atomic mass is 9.82. The molecule has 0 heterocycles. The number of rotatable bonds is 11. The zero-order chi connectivity index (χ0) is 41.0. The van der Waals surface area contributed by atoms with Crippen LogP contribution in [0.15, 0.2) is 187 Å². The van der Waals surface area contributed by atoms with Crippen molar-refractivity contribution in [2.45, 2.75) is 33.1 Å². The Kier molecular flexibility index (Phi) is 17.7. The molecule has 0 spiro atoms. The first-order valence-electron chi connectivity index (χ1n) is 19.6. The topological polar surface area (TPSA) is 35.9 Å². The van der Waals surface area contributed by atoms with Gasteiger partial charge in [-0.3, -0.25) is 0 Å². The summed E-state index contributed by atoms with van der Waals surface area (Å²) in [5, 5.41) is 7.00. The van der Waals surface area contributed by atoms with Gasteiger partial charge in [-0.15, -0.1) is 0 Å². The number of anilines is 2. The van der Waals surface area contributed by atoms with Crippen molar-refractivity contribution in [3.63, 3.8) is 0 Å². The highest BCUT2D eigenvalue weighted by Crippen LogP contribution is 2.38. The third-order valence-corrected chi connectivity index (χ3v) is 9.78. The molecule has 0 radical (unpaired) electrons. The predicted octanol–water partition coefficient (Wildman–Crippen LogP) is 12.7. The predicted molar refractivity (Wildman–Crippen MR) is 248 cm³/mol. The summed E-state index contributed by atoms with van der Waals surface area (Å²) in [6.45, 7) is 4.20. The van der Waals surface area contributed by atoms with Gasteiger partial charge in [-0.1, -0.05) is 151 Å². The summed E-state index contributed by atoms with van der Waals surface area (Å²) in [5.74, 6) is 0.834. The normalized spacial score (nSPS) is 14.1. The molecular formula is C53H60N2O2. The summed E-state index contributed by atoms with van der Waals surface area (Å²) in [6.07, 6.45) is 16.7. The highest BCUT2D eigenvalue weighted by molar-refractivity contribution is 5.88. The minimum Gasteiger partial charge on any atom is -0.496 e. The highest BCUT2D eigenvalue weighted by Gasteiger charge is 2.18. The van der Waals surface area contributed by atoms with Crippen LogP contribution in [0.2, 0.25) is 0 Å². The summed E-state index contributed by atoms with van der Waals surface area (Å²) in [5.41, 5.74) is 14.7. The number of aryl methyl sites for hydroxylation is 1. The number of aliphatic hydroxyl groups excluding tert-OH is 1. The van der Waals surface area contributed by atoms with Crippen molar-refractivity contribution >= 4 is 33.9 Å². The molecule has 1 aliphatic carbocycles. The van der Waals surface area contributed by atoms with Crippen LogP contribution in [0.3, 0.4) is 0 Å². The maximum absolute atomic E-state index is 7.00. The van der Waals surface area contributed by atoms with E-state index < -0.39 is 0 Å². The number of nitrogens with zero attached hydrogens (tertiary/aromatic N) is 2. The zero-order valence-electron chi connectivity index (χ0n) is 35.1. The van der Waals surface area contributed by atoms with Gasteiger partial charge in [-0.25, -0.2) is 0 Å². The number of aliphatic hydroxyl groups is 1. The minimum atomic E-state index is 0.834. The standard InChI is InChI=1S/C45H48N2O.C7H8.CH4O/c1-7-34(35-25-29-42(30-26-35)46(2)3)21-22-39-19-14-20-40(45(39)38-17-12-9-13-18-38)23-24-41(36-27-31-43(32-28-36)47(4)5)33-44(48-6)37-15-10-8-11-16-37;1-7-5-3-2-4-6-7;1-2/h7-13,15-18,21-33H,14,19-20H2,1-6H3;2-6H,1H3;2H,1H3/b22-21+,34-7-,40-23+,41-24+,44-33-;;. The Labute approximate surface area is 342 Å². The van der Waals surface area contributed by atoms with E-state index >= 15 is 0 Å². The van der Waals surface area contributed by atoms with Crippen molar-refractivity contribution in [3.05, 3.63) is 215 Å². The van der Waals surface area contributed by atoms with Crippen molar-refractivity contribution in [1.82, 2.24) is 0 Å². The molecule has 5 aromatic rings. The van der Waals surface area contributed by atoms with Crippen LogP contribution in [0.4, 0.5) is 11.4 Å². The molecule has 1 N–H and O–H groups in total. The van der Waals surface area contributed by atoms with Crippen LogP contribution in [0.25, 0.3) is 22.5 Å². The van der Waals surface area contributed by atoms with Crippen LogP contribution < -0.4 is 9.80 Å². The Morgan fingerprint density at radius 3 is 1.60 bits per heavy atom. The first kappa shape index (κ1) is 43.6. The molecule has 57 heavy (non-hydrogen) atoms. The van der Waals surface area contributed by atoms with E-state index in [2.05, 4.69) is 191 Å². The van der Waals surface area contributed by atoms with Gasteiger partial charge in [-0.2, -0.15) is 0 Å². The van der Waals surface area contributed by atoms with Gasteiger partial charge in [0.15, 0.2) is 0 Å². The number of allylic oxidation sites excluding steroid dienone is 11. The van der Waals surface area contributed by atoms with Crippen LogP contribution >= 0.6 is 0 Å². The van der Waals surface area contributed by atoms with Gasteiger partial charge < -0.3 is 19.6 Å². The van der Waals surface area contributed by atoms with E-state index in [0.29, 0.717) is 0 Å². The average Bonchev–Trinajstić information content (AvgIpc) is 3.26. The fourth-order valence-corrected chi connectivity index (χ4v) is 6.64. The van der Waals surface area contributed by atoms with Gasteiger partial charge in [0.05, 0.1) is 7.11 Å². The lowest BCUT2D eigenvalue weighted by Gasteiger charge is -2.22. The van der Waals surface area contributed by atoms with Crippen molar-refractivity contribution in [1.29, 1.82) is 0 Å². The van der Waals surface area contributed by atoms with Crippen molar-refractivity contribution in [2.75, 3.05) is 52.2 Å². The smallest absolute Gasteiger partial charge is 0.126 e. The third kappa shape index (κ3) is 13.0. The zero-order valence-corrected chi connectivity index (χ0v) is 35.1. The summed E-state index contributed by atoms with van der Waals surface area (Å²) in [7, 11) is 11.0. The summed E-state index contributed by atoms with van der Waals surface area (Å²) >= 11 is 0. The molecule has 0 amide bonds. The Bertz CT molecular complexity index is 2140. The molecule has 5 aromatic carbocycles. The Morgan fingerprint density at radius 2 is 1.12 bits per heavy atom. The first-order valence-corrected chi connectivity index (χ1v) is 19.6. The van der Waals surface area contributed by atoms with Gasteiger partial charge >= 0.3 is 0 Å². The second kappa shape index (κ2) is 23.1. The Hall–Kier alpha value is -6.10. The lowest BCUT2D eigenvalue weighted by Crippen LogP contribution is -2.08. The van der Waals surface area contributed by atoms with Crippen LogP contribution in [-0.2, 0) is 4.74 Å². The summed E-state index contributed by atoms with van der Waals surface area (Å²) in [4.78, 5) is 4.26. The van der Waals surface area contributed by atoms with E-state index in [0.717, 1.165) is 48.8 Å². The van der Waals surface area contributed by atoms with E-state index in [-0.39, 0.29) is 0 Å². The average molecular weight is 757 g/mol. The number of methoxy groups -OCH3 is 1. The van der Waals surface area contributed by atoms with Gasteiger partial charge in [0.25, 0.3) is 0 Å². The van der Waals surface area contributed by atoms with E-state index in [1.165, 1.54) is 50.4 Å². The molecule has 1 aliphatic rings. The molecule has 0 aliphatic heterocycles. The quantitative estimate of drug-likeness (QED) is 0.108. The molecule has 294 valence electrons. The SMILES string of the molecule is C/C=C(/C=C/C1=C(c2ccccc2)C(=C/C=C(\C=C(/OC)c2ccccc2)c2ccc(N(C)C)cc2)/CCC1)c1ccc(N(C)C)cc1.CO.Cc1ccccc1. The Balaban J connectivity index is 0.000000712. The fourth-order valence-electron chi connectivity index (χ4n) is 6.64. The molecule has 0 saturated carbocycles. The van der Waals surface area contributed by atoms with Gasteiger partial charge in [-0.05, 0) is 108 Å². The van der Waals surface area contributed by atoms with Crippen molar-refractivity contribution in [2.24, 2.45) is 0 Å². The largest absolute Gasteiger partial charge is 0.496 e. The third-order valence-electron chi connectivity index (χ3n) is 9.78. The van der Waals surface area contributed by atoms with Crippen LogP contribution in [0.1, 0.15) is 54.0 Å². The van der Waals surface area contributed by atoms with Crippen molar-refractivity contribution in [3.8, 4) is 0 Å². The second-order valence-electron chi connectivity index (χ2n) is 14.1. The molecule has 0 aromatic heterocycles. The monoisotopic (exact) mass is 756 g/mol. The van der Waals surface area contributed by atoms with Crippen LogP contribution in [0, 0.1) is 6.92 Å². The number of hydrogen-bond donors (Lipinski definition) is 1. The molecule has 0 unspecified atom stereocenters. The molecule has 0 fully saturated rings. The van der Waals surface area contributed by atoms with Gasteiger partial charge in [0.2, 0.25) is 0 Å². The van der Waals surface area contributed by atoms with Crippen LogP contribution in [-0.4, -0.2) is 47.5 Å². The second-order valence-corrected chi connectivity index (χ2v) is 14.1. The fraction of sp³-hybridized carbons (Fsp3) is 0.208. The van der Waals surface area contributed by atoms with Crippen LogP contribution in [0.5, 0.6) is 0 Å². The first-order chi connectivity index (χ1) is 27.8. The van der Waals surface area contributed by atoms with Gasteiger partial charge in [0.1, 0.15) is 5.76 Å². The molecular weight excluding hydrogens is 697 g/mol. The summed E-state index contributed by atoms with van der Waals surface area (Å²) in [6, 6.07) is 48.9. The van der Waals surface area contributed by atoms with E-state index in [4.69, 9.17) is 9.84 Å². The molecule has 0 saturated heterocycles. The minimum absolute atomic E-state index is 0.834. The Morgan fingerprint density at radius 1 is 0.614 bits per heavy atom. The molecule has 6 rings (SSSR count). The van der Waals surface area contributed by atoms with Gasteiger partial charge in [0, 0.05) is 52.2 Å². The van der Waals surface area contributed by atoms with Crippen molar-refractivity contribution < 1.29 is 9.84 Å². The van der Waals surface area contributed by atoms with E-state index in [1.54, 1.807) is 7.11 Å². The maximum Gasteiger partial charge on any atom is 0.126 e. The maximum atomic E-state index is 7.00. The number of hydrogen-bond acceptors (Lipinski definition) is 4. The number of benzene rings is 5. The molecule has 4 heteroatoms. The lowest BCUT2D eigenvalue weighted by molar-refractivity contribution is 0.370. The molecule has 4 nitrogen and oxygen atoms in total. The van der Waals surface area contributed by atoms with E-state index in [1.807, 2.05) is 36.4 Å². The number of ether oxygens (including phenoxy) is 1. The summed E-state index contributed by atoms with van der Waals surface area (Å²) < 4.78 is 5.93. The molecule has 0 atom stereocenters. The molecule has 0 bridgehead atoms. The highest BCUT2D eigenvalue weighted by atomic mass is 16.5. The van der Waals surface area contributed by atoms with E-state index in [9.17, 15) is 0 Å².